The van der Waals surface area contributed by atoms with E-state index in [0.29, 0.717) is 0 Å². The molecule has 2 nitrogen and oxygen atoms in total. The highest BCUT2D eigenvalue weighted by molar-refractivity contribution is 9.10. The van der Waals surface area contributed by atoms with Crippen LogP contribution in [-0.4, -0.2) is 11.4 Å². The lowest BCUT2D eigenvalue weighted by Gasteiger charge is -2.34. The third-order valence-electron chi connectivity index (χ3n) is 3.49. The van der Waals surface area contributed by atoms with Crippen molar-refractivity contribution >= 4 is 21.8 Å². The van der Waals surface area contributed by atoms with Crippen LogP contribution in [0.25, 0.3) is 0 Å². The summed E-state index contributed by atoms with van der Waals surface area (Å²) < 4.78 is 0.858. The summed E-state index contributed by atoms with van der Waals surface area (Å²) in [5.74, 6) is 0.0295. The summed E-state index contributed by atoms with van der Waals surface area (Å²) in [5.41, 5.74) is 0.698. The van der Waals surface area contributed by atoms with Crippen LogP contribution >= 0.6 is 15.9 Å². The number of rotatable bonds is 2. The molecule has 0 aliphatic heterocycles. The topological polar surface area (TPSA) is 29.1 Å². The van der Waals surface area contributed by atoms with E-state index in [1.54, 1.807) is 0 Å². The zero-order valence-electron chi connectivity index (χ0n) is 10.1. The smallest absolute Gasteiger partial charge is 0.252 e. The molecule has 1 saturated carbocycles. The van der Waals surface area contributed by atoms with Crippen molar-refractivity contribution in [2.24, 2.45) is 0 Å². The predicted octanol–water partition coefficient (Wildman–Crippen LogP) is 3.90. The third kappa shape index (κ3) is 3.09. The zero-order valence-corrected chi connectivity index (χ0v) is 11.7. The summed E-state index contributed by atoms with van der Waals surface area (Å²) in [7, 11) is 0. The Morgan fingerprint density at radius 3 is 2.53 bits per heavy atom. The summed E-state index contributed by atoms with van der Waals surface area (Å²) in [6.07, 6.45) is 5.90. The maximum atomic E-state index is 12.2. The second-order valence-corrected chi connectivity index (χ2v) is 5.91. The summed E-state index contributed by atoms with van der Waals surface area (Å²) in [4.78, 5) is 12.2. The second-order valence-electron chi connectivity index (χ2n) is 5.06. The highest BCUT2D eigenvalue weighted by atomic mass is 79.9. The van der Waals surface area contributed by atoms with Gasteiger partial charge in [-0.3, -0.25) is 4.79 Å². The van der Waals surface area contributed by atoms with Gasteiger partial charge >= 0.3 is 0 Å². The van der Waals surface area contributed by atoms with Crippen LogP contribution in [0.2, 0.25) is 0 Å². The van der Waals surface area contributed by atoms with Crippen LogP contribution in [0.4, 0.5) is 0 Å². The highest BCUT2D eigenvalue weighted by Gasteiger charge is 2.28. The molecule has 92 valence electrons. The Balaban J connectivity index is 2.09. The van der Waals surface area contributed by atoms with Gasteiger partial charge in [0.05, 0.1) is 5.56 Å². The van der Waals surface area contributed by atoms with E-state index in [2.05, 4.69) is 28.2 Å². The Labute approximate surface area is 111 Å². The lowest BCUT2D eigenvalue weighted by atomic mass is 9.83. The minimum absolute atomic E-state index is 0.0232. The summed E-state index contributed by atoms with van der Waals surface area (Å²) in [5, 5.41) is 3.18. The van der Waals surface area contributed by atoms with E-state index in [-0.39, 0.29) is 11.4 Å². The van der Waals surface area contributed by atoms with Crippen molar-refractivity contribution in [3.8, 4) is 0 Å². The largest absolute Gasteiger partial charge is 0.347 e. The van der Waals surface area contributed by atoms with Gasteiger partial charge in [-0.05, 0) is 47.8 Å². The number of hydrogen-bond acceptors (Lipinski definition) is 1. The molecule has 1 fully saturated rings. The lowest BCUT2D eigenvalue weighted by molar-refractivity contribution is 0.0882. The van der Waals surface area contributed by atoms with E-state index in [1.807, 2.05) is 24.3 Å². The van der Waals surface area contributed by atoms with Gasteiger partial charge < -0.3 is 5.32 Å². The summed E-state index contributed by atoms with van der Waals surface area (Å²) in [6, 6.07) is 7.57. The van der Waals surface area contributed by atoms with Gasteiger partial charge in [-0.25, -0.2) is 0 Å². The zero-order chi connectivity index (χ0) is 12.3. The van der Waals surface area contributed by atoms with Gasteiger partial charge in [0.1, 0.15) is 0 Å². The van der Waals surface area contributed by atoms with Crippen LogP contribution < -0.4 is 5.32 Å². The van der Waals surface area contributed by atoms with Crippen molar-refractivity contribution in [1.82, 2.24) is 5.32 Å². The molecule has 0 bridgehead atoms. The van der Waals surface area contributed by atoms with E-state index < -0.39 is 0 Å². The molecule has 1 amide bonds. The summed E-state index contributed by atoms with van der Waals surface area (Å²) in [6.45, 7) is 2.15. The Bertz CT molecular complexity index is 410. The minimum Gasteiger partial charge on any atom is -0.347 e. The number of amides is 1. The number of benzene rings is 1. The van der Waals surface area contributed by atoms with Gasteiger partial charge in [-0.15, -0.1) is 0 Å². The molecule has 1 aromatic rings. The van der Waals surface area contributed by atoms with Gasteiger partial charge in [0.25, 0.3) is 5.91 Å². The van der Waals surface area contributed by atoms with Crippen molar-refractivity contribution in [3.63, 3.8) is 0 Å². The molecule has 0 spiro atoms. The number of carbonyl (C=O) groups excluding carboxylic acids is 1. The fourth-order valence-corrected chi connectivity index (χ4v) is 2.91. The SMILES string of the molecule is CC1(NC(=O)c2ccccc2Br)CCCCC1. The number of halogens is 1. The molecule has 0 radical (unpaired) electrons. The Morgan fingerprint density at radius 1 is 1.24 bits per heavy atom. The lowest BCUT2D eigenvalue weighted by Crippen LogP contribution is -2.47. The van der Waals surface area contributed by atoms with Crippen molar-refractivity contribution in [2.75, 3.05) is 0 Å². The molecule has 0 aromatic heterocycles. The molecular weight excluding hydrogens is 278 g/mol. The Hall–Kier alpha value is -0.830. The van der Waals surface area contributed by atoms with Gasteiger partial charge in [0, 0.05) is 10.0 Å². The predicted molar refractivity (Wildman–Crippen MR) is 73.1 cm³/mol. The number of carbonyl (C=O) groups is 1. The van der Waals surface area contributed by atoms with Gasteiger partial charge in [0.15, 0.2) is 0 Å². The molecule has 17 heavy (non-hydrogen) atoms. The molecule has 2 rings (SSSR count). The molecule has 0 unspecified atom stereocenters. The highest BCUT2D eigenvalue weighted by Crippen LogP contribution is 2.28. The molecule has 0 saturated heterocycles. The molecule has 1 N–H and O–H groups in total. The molecule has 0 atom stereocenters. The van der Waals surface area contributed by atoms with Crippen molar-refractivity contribution in [2.45, 2.75) is 44.6 Å². The van der Waals surface area contributed by atoms with Gasteiger partial charge in [-0.2, -0.15) is 0 Å². The van der Waals surface area contributed by atoms with Crippen LogP contribution in [0.15, 0.2) is 28.7 Å². The molecular formula is C14H18BrNO. The van der Waals surface area contributed by atoms with Crippen LogP contribution in [-0.2, 0) is 0 Å². The first-order chi connectivity index (χ1) is 8.11. The first kappa shape index (κ1) is 12.6. The molecule has 0 heterocycles. The Morgan fingerprint density at radius 2 is 1.88 bits per heavy atom. The second kappa shape index (κ2) is 5.21. The quantitative estimate of drug-likeness (QED) is 0.881. The monoisotopic (exact) mass is 295 g/mol. The van der Waals surface area contributed by atoms with E-state index in [1.165, 1.54) is 19.3 Å². The van der Waals surface area contributed by atoms with E-state index in [9.17, 15) is 4.79 Å². The van der Waals surface area contributed by atoms with E-state index in [4.69, 9.17) is 0 Å². The fourth-order valence-electron chi connectivity index (χ4n) is 2.44. The average molecular weight is 296 g/mol. The maximum Gasteiger partial charge on any atom is 0.252 e. The van der Waals surface area contributed by atoms with Crippen molar-refractivity contribution < 1.29 is 4.79 Å². The van der Waals surface area contributed by atoms with Gasteiger partial charge in [0.2, 0.25) is 0 Å². The van der Waals surface area contributed by atoms with Crippen LogP contribution in [0.5, 0.6) is 0 Å². The normalized spacial score (nSPS) is 18.7. The van der Waals surface area contributed by atoms with E-state index >= 15 is 0 Å². The van der Waals surface area contributed by atoms with Crippen LogP contribution in [0.3, 0.4) is 0 Å². The number of nitrogens with one attached hydrogen (secondary N) is 1. The Kier molecular flexibility index (Phi) is 3.87. The van der Waals surface area contributed by atoms with Gasteiger partial charge in [-0.1, -0.05) is 31.4 Å². The fraction of sp³-hybridized carbons (Fsp3) is 0.500. The summed E-state index contributed by atoms with van der Waals surface area (Å²) >= 11 is 3.42. The number of hydrogen-bond donors (Lipinski definition) is 1. The van der Waals surface area contributed by atoms with Crippen LogP contribution in [0, 0.1) is 0 Å². The van der Waals surface area contributed by atoms with E-state index in [0.717, 1.165) is 22.9 Å². The standard InChI is InChI=1S/C14H18BrNO/c1-14(9-5-2-6-10-14)16-13(17)11-7-3-4-8-12(11)15/h3-4,7-8H,2,5-6,9-10H2,1H3,(H,16,17). The van der Waals surface area contributed by atoms with Crippen LogP contribution in [0.1, 0.15) is 49.4 Å². The average Bonchev–Trinajstić information content (AvgIpc) is 2.29. The molecule has 3 heteroatoms. The van der Waals surface area contributed by atoms with Crippen molar-refractivity contribution in [1.29, 1.82) is 0 Å². The maximum absolute atomic E-state index is 12.2. The first-order valence-electron chi connectivity index (χ1n) is 6.18. The first-order valence-corrected chi connectivity index (χ1v) is 6.97. The van der Waals surface area contributed by atoms with Crippen molar-refractivity contribution in [3.05, 3.63) is 34.3 Å². The minimum atomic E-state index is -0.0232. The third-order valence-corrected chi connectivity index (χ3v) is 4.18. The molecule has 1 aliphatic rings. The molecule has 1 aromatic carbocycles. The molecule has 1 aliphatic carbocycles.